The topological polar surface area (TPSA) is 73.7 Å². The number of carbonyl (C=O) groups is 1. The van der Waals surface area contributed by atoms with Crippen molar-refractivity contribution in [3.63, 3.8) is 0 Å². The van der Waals surface area contributed by atoms with Crippen molar-refractivity contribution < 1.29 is 4.79 Å². The van der Waals surface area contributed by atoms with E-state index in [0.717, 1.165) is 68.7 Å². The van der Waals surface area contributed by atoms with Crippen LogP contribution in [0.5, 0.6) is 0 Å². The second-order valence-corrected chi connectivity index (χ2v) is 8.88. The molecule has 1 atom stereocenters. The molecule has 2 aromatic rings. The number of hydrogen-bond acceptors (Lipinski definition) is 4. The third-order valence-electron chi connectivity index (χ3n) is 6.90. The average molecular weight is 383 g/mol. The summed E-state index contributed by atoms with van der Waals surface area (Å²) in [4.78, 5) is 35.1. The average Bonchev–Trinajstić information content (AvgIpc) is 3.26. The number of nitrogens with zero attached hydrogens (tertiary/aromatic N) is 4. The number of fused-ring (bicyclic) bond motifs is 2. The van der Waals surface area contributed by atoms with E-state index in [1.165, 1.54) is 6.42 Å². The fraction of sp³-hybridized carbons (Fsp3) is 0.667. The zero-order chi connectivity index (χ0) is 19.4. The van der Waals surface area contributed by atoms with Crippen molar-refractivity contribution in [2.24, 2.45) is 5.92 Å². The molecule has 28 heavy (non-hydrogen) atoms. The monoisotopic (exact) mass is 383 g/mol. The van der Waals surface area contributed by atoms with Gasteiger partial charge in [-0.25, -0.2) is 9.50 Å². The maximum absolute atomic E-state index is 13.0. The molecule has 1 amide bonds. The van der Waals surface area contributed by atoms with Crippen LogP contribution in [-0.4, -0.2) is 49.4 Å². The number of likely N-dealkylation sites (tertiary alicyclic amines) is 1. The molecule has 7 nitrogen and oxygen atoms in total. The molecule has 3 aliphatic rings. The summed E-state index contributed by atoms with van der Waals surface area (Å²) in [5.74, 6) is 0.500. The van der Waals surface area contributed by atoms with Crippen molar-refractivity contribution in [3.05, 3.63) is 33.4 Å². The molecule has 150 valence electrons. The lowest BCUT2D eigenvalue weighted by Crippen LogP contribution is -2.39. The summed E-state index contributed by atoms with van der Waals surface area (Å²) in [6.45, 7) is 6.80. The molecule has 0 bridgehead atoms. The first-order valence-corrected chi connectivity index (χ1v) is 10.7. The van der Waals surface area contributed by atoms with Crippen molar-refractivity contribution in [1.29, 1.82) is 0 Å². The van der Waals surface area contributed by atoms with Gasteiger partial charge in [0.05, 0.1) is 17.4 Å². The highest BCUT2D eigenvalue weighted by Crippen LogP contribution is 2.36. The molecule has 0 unspecified atom stereocenters. The van der Waals surface area contributed by atoms with Gasteiger partial charge in [0.25, 0.3) is 5.56 Å². The van der Waals surface area contributed by atoms with Gasteiger partial charge in [-0.05, 0) is 46.0 Å². The Hall–Kier alpha value is -2.15. The van der Waals surface area contributed by atoms with Crippen molar-refractivity contribution in [3.8, 4) is 0 Å². The van der Waals surface area contributed by atoms with Crippen LogP contribution in [0.3, 0.4) is 0 Å². The van der Waals surface area contributed by atoms with E-state index < -0.39 is 0 Å². The van der Waals surface area contributed by atoms with Crippen LogP contribution in [0.25, 0.3) is 5.65 Å². The predicted octanol–water partition coefficient (Wildman–Crippen LogP) is 2.25. The van der Waals surface area contributed by atoms with Gasteiger partial charge in [0, 0.05) is 43.2 Å². The molecule has 1 N–H and O–H groups in total. The van der Waals surface area contributed by atoms with Crippen LogP contribution in [-0.2, 0) is 17.8 Å². The Morgan fingerprint density at radius 1 is 1.21 bits per heavy atom. The van der Waals surface area contributed by atoms with Crippen molar-refractivity contribution in [2.45, 2.75) is 71.0 Å². The Balaban J connectivity index is 1.49. The standard InChI is InChI=1S/C21H29N5O2/c1-13(2)24-10-8-15-17(12-24)22-19-11-16(23-26(19)21(15)28)18-7-4-9-25(18)20(27)14-5-3-6-14/h11,13-14,18,23H,3-10,12H2,1-2H3/t18-/m1/s1. The molecule has 2 aromatic heterocycles. The molecular formula is C21H29N5O2. The minimum Gasteiger partial charge on any atom is -0.334 e. The molecule has 4 heterocycles. The molecule has 5 rings (SSSR count). The molecule has 0 spiro atoms. The Morgan fingerprint density at radius 3 is 2.75 bits per heavy atom. The summed E-state index contributed by atoms with van der Waals surface area (Å²) >= 11 is 0. The highest BCUT2D eigenvalue weighted by Gasteiger charge is 2.37. The summed E-state index contributed by atoms with van der Waals surface area (Å²) in [6, 6.07) is 2.46. The third-order valence-corrected chi connectivity index (χ3v) is 6.90. The second kappa shape index (κ2) is 6.72. The quantitative estimate of drug-likeness (QED) is 0.882. The van der Waals surface area contributed by atoms with Crippen LogP contribution in [0, 0.1) is 5.92 Å². The van der Waals surface area contributed by atoms with Crippen LogP contribution in [0.1, 0.15) is 68.9 Å². The molecule has 0 aromatic carbocycles. The van der Waals surface area contributed by atoms with Crippen LogP contribution in [0.2, 0.25) is 0 Å². The maximum atomic E-state index is 13.0. The van der Waals surface area contributed by atoms with Gasteiger partial charge in [-0.1, -0.05) is 6.42 Å². The fourth-order valence-electron chi connectivity index (χ4n) is 4.89. The summed E-state index contributed by atoms with van der Waals surface area (Å²) in [5.41, 5.74) is 3.37. The van der Waals surface area contributed by atoms with E-state index in [9.17, 15) is 9.59 Å². The van der Waals surface area contributed by atoms with E-state index in [1.54, 1.807) is 4.52 Å². The van der Waals surface area contributed by atoms with E-state index in [1.807, 2.05) is 11.0 Å². The third kappa shape index (κ3) is 2.79. The van der Waals surface area contributed by atoms with Gasteiger partial charge in [-0.15, -0.1) is 0 Å². The minimum absolute atomic E-state index is 0.0181. The van der Waals surface area contributed by atoms with Gasteiger partial charge in [0.1, 0.15) is 0 Å². The summed E-state index contributed by atoms with van der Waals surface area (Å²) < 4.78 is 1.59. The van der Waals surface area contributed by atoms with E-state index in [-0.39, 0.29) is 17.5 Å². The van der Waals surface area contributed by atoms with Gasteiger partial charge in [-0.3, -0.25) is 19.6 Å². The second-order valence-electron chi connectivity index (χ2n) is 8.88. The molecular weight excluding hydrogens is 354 g/mol. The molecule has 1 saturated carbocycles. The predicted molar refractivity (Wildman–Crippen MR) is 106 cm³/mol. The van der Waals surface area contributed by atoms with Crippen molar-refractivity contribution >= 4 is 11.6 Å². The summed E-state index contributed by atoms with van der Waals surface area (Å²) in [5, 5.41) is 3.28. The zero-order valence-corrected chi connectivity index (χ0v) is 16.8. The van der Waals surface area contributed by atoms with Gasteiger partial charge in [0.2, 0.25) is 5.91 Å². The highest BCUT2D eigenvalue weighted by atomic mass is 16.2. The van der Waals surface area contributed by atoms with Crippen molar-refractivity contribution in [2.75, 3.05) is 13.1 Å². The van der Waals surface area contributed by atoms with E-state index in [2.05, 4.69) is 23.8 Å². The number of rotatable bonds is 3. The lowest BCUT2D eigenvalue weighted by molar-refractivity contribution is -0.139. The lowest BCUT2D eigenvalue weighted by atomic mass is 9.84. The van der Waals surface area contributed by atoms with E-state index in [4.69, 9.17) is 4.98 Å². The SMILES string of the molecule is CC(C)N1CCc2c(nc3cc([C@H]4CCCN4C(=O)C4CCC4)[nH]n3c2=O)C1. The Bertz CT molecular complexity index is 971. The van der Waals surface area contributed by atoms with Crippen LogP contribution >= 0.6 is 0 Å². The maximum Gasteiger partial charge on any atom is 0.276 e. The Labute approximate surface area is 164 Å². The molecule has 7 heteroatoms. The Kier molecular flexibility index (Phi) is 4.30. The van der Waals surface area contributed by atoms with Gasteiger partial charge in [0.15, 0.2) is 5.65 Å². The van der Waals surface area contributed by atoms with Crippen molar-refractivity contribution in [1.82, 2.24) is 24.4 Å². The molecule has 2 fully saturated rings. The normalized spacial score (nSPS) is 23.4. The van der Waals surface area contributed by atoms with Gasteiger partial charge in [-0.2, -0.15) is 0 Å². The molecule has 1 aliphatic carbocycles. The van der Waals surface area contributed by atoms with Crippen LogP contribution in [0.15, 0.2) is 10.9 Å². The zero-order valence-electron chi connectivity index (χ0n) is 16.8. The molecule has 0 radical (unpaired) electrons. The number of H-pyrrole nitrogens is 1. The number of hydrogen-bond donors (Lipinski definition) is 1. The molecule has 2 aliphatic heterocycles. The summed E-state index contributed by atoms with van der Waals surface area (Å²) in [7, 11) is 0. The first-order chi connectivity index (χ1) is 13.5. The number of nitrogens with one attached hydrogen (secondary N) is 1. The Morgan fingerprint density at radius 2 is 2.04 bits per heavy atom. The van der Waals surface area contributed by atoms with Crippen LogP contribution < -0.4 is 5.56 Å². The number of carbonyl (C=O) groups excluding carboxylic acids is 1. The first-order valence-electron chi connectivity index (χ1n) is 10.7. The minimum atomic E-state index is 0.0181. The largest absolute Gasteiger partial charge is 0.334 e. The fourth-order valence-corrected chi connectivity index (χ4v) is 4.89. The van der Waals surface area contributed by atoms with Crippen LogP contribution in [0.4, 0.5) is 0 Å². The first kappa shape index (κ1) is 17.9. The number of amides is 1. The number of aromatic nitrogens is 3. The smallest absolute Gasteiger partial charge is 0.276 e. The van der Waals surface area contributed by atoms with E-state index in [0.29, 0.717) is 17.6 Å². The highest BCUT2D eigenvalue weighted by molar-refractivity contribution is 5.80. The van der Waals surface area contributed by atoms with Gasteiger partial charge < -0.3 is 4.90 Å². The summed E-state index contributed by atoms with van der Waals surface area (Å²) in [6.07, 6.45) is 5.91. The molecule has 1 saturated heterocycles. The van der Waals surface area contributed by atoms with Gasteiger partial charge >= 0.3 is 0 Å². The number of aromatic amines is 1. The lowest BCUT2D eigenvalue weighted by Gasteiger charge is -2.32. The van der Waals surface area contributed by atoms with E-state index >= 15 is 0 Å².